The number of aryl methyl sites for hydroxylation is 1. The minimum absolute atomic E-state index is 0.395. The summed E-state index contributed by atoms with van der Waals surface area (Å²) in [6.45, 7) is 7.65. The molecule has 7 heteroatoms. The van der Waals surface area contributed by atoms with E-state index in [0.717, 1.165) is 9.75 Å². The quantitative estimate of drug-likeness (QED) is 0.915. The van der Waals surface area contributed by atoms with Crippen molar-refractivity contribution in [2.24, 2.45) is 0 Å². The number of morpholine rings is 1. The molecule has 2 heterocycles. The van der Waals surface area contributed by atoms with Gasteiger partial charge in [0, 0.05) is 29.4 Å². The third-order valence-corrected chi connectivity index (χ3v) is 6.43. The molecule has 0 spiro atoms. The van der Waals surface area contributed by atoms with Gasteiger partial charge in [0.25, 0.3) is 0 Å². The minimum Gasteiger partial charge on any atom is -0.373 e. The van der Waals surface area contributed by atoms with Crippen LogP contribution in [0.4, 0.5) is 0 Å². The first-order chi connectivity index (χ1) is 9.26. The molecule has 2 rings (SSSR count). The first-order valence-electron chi connectivity index (χ1n) is 6.64. The molecule has 0 saturated carbocycles. The Morgan fingerprint density at radius 1 is 1.50 bits per heavy atom. The highest BCUT2D eigenvalue weighted by atomic mass is 32.2. The highest BCUT2D eigenvalue weighted by Gasteiger charge is 2.36. The summed E-state index contributed by atoms with van der Waals surface area (Å²) in [6, 6.07) is 1.79. The molecular formula is C13H22N2O3S2. The van der Waals surface area contributed by atoms with Gasteiger partial charge in [-0.1, -0.05) is 0 Å². The molecule has 0 atom stereocenters. The van der Waals surface area contributed by atoms with Gasteiger partial charge in [-0.3, -0.25) is 0 Å². The van der Waals surface area contributed by atoms with Crippen molar-refractivity contribution >= 4 is 21.4 Å². The molecule has 0 radical (unpaired) electrons. The first-order valence-corrected chi connectivity index (χ1v) is 8.90. The Kier molecular flexibility index (Phi) is 4.56. The van der Waals surface area contributed by atoms with Crippen molar-refractivity contribution < 1.29 is 13.2 Å². The molecule has 1 saturated heterocycles. The number of rotatable bonds is 4. The Morgan fingerprint density at radius 2 is 2.20 bits per heavy atom. The van der Waals surface area contributed by atoms with Crippen molar-refractivity contribution in [2.45, 2.75) is 37.8 Å². The van der Waals surface area contributed by atoms with E-state index in [1.54, 1.807) is 6.07 Å². The Balaban J connectivity index is 2.30. The monoisotopic (exact) mass is 318 g/mol. The summed E-state index contributed by atoms with van der Waals surface area (Å²) in [5.74, 6) is 0. The third-order valence-electron chi connectivity index (χ3n) is 3.28. The fourth-order valence-corrected chi connectivity index (χ4v) is 5.55. The van der Waals surface area contributed by atoms with E-state index in [1.165, 1.54) is 15.6 Å². The van der Waals surface area contributed by atoms with Gasteiger partial charge < -0.3 is 10.1 Å². The van der Waals surface area contributed by atoms with Crippen LogP contribution in [0.25, 0.3) is 0 Å². The Hall–Kier alpha value is -0.470. The van der Waals surface area contributed by atoms with Crippen molar-refractivity contribution in [3.05, 3.63) is 15.8 Å². The summed E-state index contributed by atoms with van der Waals surface area (Å²) in [5.41, 5.74) is -0.428. The number of nitrogens with zero attached hydrogens (tertiary/aromatic N) is 1. The molecule has 1 aliphatic heterocycles. The van der Waals surface area contributed by atoms with Crippen LogP contribution in [0.1, 0.15) is 23.6 Å². The van der Waals surface area contributed by atoms with Gasteiger partial charge >= 0.3 is 0 Å². The fraction of sp³-hybridized carbons (Fsp3) is 0.692. The molecule has 0 aromatic carbocycles. The van der Waals surface area contributed by atoms with Crippen molar-refractivity contribution in [1.82, 2.24) is 9.62 Å². The van der Waals surface area contributed by atoms with Crippen LogP contribution in [0.5, 0.6) is 0 Å². The summed E-state index contributed by atoms with van der Waals surface area (Å²) in [5, 5.41) is 3.05. The van der Waals surface area contributed by atoms with Crippen molar-refractivity contribution in [2.75, 3.05) is 26.7 Å². The van der Waals surface area contributed by atoms with Gasteiger partial charge in [0.15, 0.2) is 0 Å². The van der Waals surface area contributed by atoms with Gasteiger partial charge in [-0.25, -0.2) is 8.42 Å². The van der Waals surface area contributed by atoms with Crippen LogP contribution in [-0.2, 0) is 21.3 Å². The van der Waals surface area contributed by atoms with Crippen LogP contribution in [0.3, 0.4) is 0 Å². The molecule has 1 aliphatic rings. The van der Waals surface area contributed by atoms with Gasteiger partial charge in [0.1, 0.15) is 0 Å². The van der Waals surface area contributed by atoms with Crippen LogP contribution in [0, 0.1) is 6.92 Å². The van der Waals surface area contributed by atoms with Crippen LogP contribution in [0.15, 0.2) is 11.0 Å². The molecule has 1 N–H and O–H groups in total. The number of sulfonamides is 1. The molecule has 1 aromatic rings. The zero-order chi connectivity index (χ0) is 15.0. The average Bonchev–Trinajstić information content (AvgIpc) is 2.70. The zero-order valence-electron chi connectivity index (χ0n) is 12.4. The minimum atomic E-state index is -3.43. The van der Waals surface area contributed by atoms with E-state index in [1.807, 2.05) is 27.8 Å². The smallest absolute Gasteiger partial charge is 0.244 e. The molecule has 0 unspecified atom stereocenters. The summed E-state index contributed by atoms with van der Waals surface area (Å²) in [6.07, 6.45) is 0. The molecule has 20 heavy (non-hydrogen) atoms. The first kappa shape index (κ1) is 15.9. The van der Waals surface area contributed by atoms with Crippen molar-refractivity contribution in [3.8, 4) is 0 Å². The normalized spacial score (nSPS) is 20.2. The largest absolute Gasteiger partial charge is 0.373 e. The van der Waals surface area contributed by atoms with Gasteiger partial charge in [0.2, 0.25) is 10.0 Å². The molecule has 5 nitrogen and oxygen atoms in total. The lowest BCUT2D eigenvalue weighted by atomic mass is 10.1. The van der Waals surface area contributed by atoms with Crippen LogP contribution in [-0.4, -0.2) is 45.1 Å². The standard InChI is InChI=1S/C13H22N2O3S2/c1-10-12(7-11(19-10)8-14-4)20(16,17)15-5-6-18-13(2,3)9-15/h7,14H,5-6,8-9H2,1-4H3. The molecule has 0 amide bonds. The second kappa shape index (κ2) is 5.73. The molecule has 1 aromatic heterocycles. The summed E-state index contributed by atoms with van der Waals surface area (Å²) >= 11 is 1.53. The van der Waals surface area contributed by atoms with Crippen LogP contribution in [0.2, 0.25) is 0 Å². The lowest BCUT2D eigenvalue weighted by Gasteiger charge is -2.37. The molecule has 114 valence electrons. The van der Waals surface area contributed by atoms with Gasteiger partial charge in [-0.05, 0) is 33.9 Å². The Labute approximate surface area is 125 Å². The summed E-state index contributed by atoms with van der Waals surface area (Å²) in [7, 11) is -1.57. The van der Waals surface area contributed by atoms with E-state index in [9.17, 15) is 8.42 Å². The SMILES string of the molecule is CNCc1cc(S(=O)(=O)N2CCOC(C)(C)C2)c(C)s1. The van der Waals surface area contributed by atoms with E-state index in [2.05, 4.69) is 5.32 Å². The Bertz CT molecular complexity index is 578. The van der Waals surface area contributed by atoms with Crippen molar-refractivity contribution in [1.29, 1.82) is 0 Å². The molecular weight excluding hydrogens is 296 g/mol. The summed E-state index contributed by atoms with van der Waals surface area (Å²) < 4.78 is 32.7. The van der Waals surface area contributed by atoms with E-state index in [4.69, 9.17) is 4.74 Å². The van der Waals surface area contributed by atoms with E-state index in [0.29, 0.717) is 31.1 Å². The zero-order valence-corrected chi connectivity index (χ0v) is 14.0. The predicted molar refractivity (Wildman–Crippen MR) is 80.6 cm³/mol. The second-order valence-electron chi connectivity index (χ2n) is 5.61. The highest BCUT2D eigenvalue weighted by Crippen LogP contribution is 2.30. The van der Waals surface area contributed by atoms with Gasteiger partial charge in [-0.15, -0.1) is 11.3 Å². The topological polar surface area (TPSA) is 58.6 Å². The molecule has 0 bridgehead atoms. The maximum Gasteiger partial charge on any atom is 0.244 e. The third kappa shape index (κ3) is 3.23. The van der Waals surface area contributed by atoms with Crippen LogP contribution >= 0.6 is 11.3 Å². The number of nitrogens with one attached hydrogen (secondary N) is 1. The number of hydrogen-bond donors (Lipinski definition) is 1. The van der Waals surface area contributed by atoms with E-state index < -0.39 is 15.6 Å². The second-order valence-corrected chi connectivity index (χ2v) is 8.86. The maximum atomic E-state index is 12.8. The number of thiophene rings is 1. The Morgan fingerprint density at radius 3 is 2.80 bits per heavy atom. The maximum absolute atomic E-state index is 12.8. The van der Waals surface area contributed by atoms with E-state index in [-0.39, 0.29) is 0 Å². The highest BCUT2D eigenvalue weighted by molar-refractivity contribution is 7.89. The van der Waals surface area contributed by atoms with E-state index >= 15 is 0 Å². The van der Waals surface area contributed by atoms with Crippen molar-refractivity contribution in [3.63, 3.8) is 0 Å². The average molecular weight is 318 g/mol. The fourth-order valence-electron chi connectivity index (χ4n) is 2.36. The van der Waals surface area contributed by atoms with Gasteiger partial charge in [-0.2, -0.15) is 4.31 Å². The lowest BCUT2D eigenvalue weighted by Crippen LogP contribution is -2.50. The number of hydrogen-bond acceptors (Lipinski definition) is 5. The summed E-state index contributed by atoms with van der Waals surface area (Å²) in [4.78, 5) is 2.32. The number of ether oxygens (including phenoxy) is 1. The van der Waals surface area contributed by atoms with Gasteiger partial charge in [0.05, 0.1) is 17.1 Å². The molecule has 1 fully saturated rings. The molecule has 0 aliphatic carbocycles. The van der Waals surface area contributed by atoms with Crippen LogP contribution < -0.4 is 5.32 Å². The lowest BCUT2D eigenvalue weighted by molar-refractivity contribution is -0.0640. The predicted octanol–water partition coefficient (Wildman–Crippen LogP) is 1.58.